The molecule has 0 aliphatic carbocycles. The van der Waals surface area contributed by atoms with E-state index >= 15 is 0 Å². The third kappa shape index (κ3) is 1.97. The number of guanidine groups is 1. The Hall–Kier alpha value is -1.11. The van der Waals surface area contributed by atoms with E-state index in [1.165, 1.54) is 6.20 Å². The number of nitrogens with zero attached hydrogens (tertiary/aromatic N) is 2. The molecule has 0 amide bonds. The molecule has 0 saturated heterocycles. The van der Waals surface area contributed by atoms with Crippen LogP contribution in [0.25, 0.3) is 0 Å². The lowest BCUT2D eigenvalue weighted by atomic mass is 10.6. The molecular weight excluding hydrogens is 172 g/mol. The van der Waals surface area contributed by atoms with Gasteiger partial charge in [-0.2, -0.15) is 5.06 Å². The summed E-state index contributed by atoms with van der Waals surface area (Å²) in [6.45, 7) is 4.81. The molecule has 1 heterocycles. The molecule has 0 aromatic carbocycles. The van der Waals surface area contributed by atoms with Crippen molar-refractivity contribution >= 4 is 5.96 Å². The minimum absolute atomic E-state index is 0.0819. The van der Waals surface area contributed by atoms with Gasteiger partial charge in [-0.15, -0.1) is 0 Å². The molecule has 1 aliphatic heterocycles. The Morgan fingerprint density at radius 2 is 2.38 bits per heavy atom. The fourth-order valence-electron chi connectivity index (χ4n) is 1.08. The second-order valence-corrected chi connectivity index (χ2v) is 2.54. The summed E-state index contributed by atoms with van der Waals surface area (Å²) in [4.78, 5) is 3.87. The lowest BCUT2D eigenvalue weighted by molar-refractivity contribution is -0.707. The van der Waals surface area contributed by atoms with Crippen molar-refractivity contribution in [3.05, 3.63) is 17.2 Å². The highest BCUT2D eigenvalue weighted by atomic mass is 16.6. The third-order valence-electron chi connectivity index (χ3n) is 1.59. The molecule has 6 heteroatoms. The molecule has 0 radical (unpaired) electrons. The van der Waals surface area contributed by atoms with Crippen molar-refractivity contribution in [2.24, 2.45) is 4.99 Å². The van der Waals surface area contributed by atoms with Gasteiger partial charge < -0.3 is 10.5 Å². The second kappa shape index (κ2) is 4.22. The molecule has 0 aromatic rings. The molecule has 3 N–H and O–H groups in total. The van der Waals surface area contributed by atoms with Gasteiger partial charge in [0.1, 0.15) is 6.20 Å². The highest BCUT2D eigenvalue weighted by molar-refractivity contribution is 5.73. The summed E-state index contributed by atoms with van der Waals surface area (Å²) in [5, 5.41) is 24.0. The number of aliphatic imine (C=N–C) groups is 1. The molecule has 1 aliphatic rings. The monoisotopic (exact) mass is 186 g/mol. The summed E-state index contributed by atoms with van der Waals surface area (Å²) < 4.78 is 0. The zero-order valence-electron chi connectivity index (χ0n) is 7.74. The number of quaternary nitrogens is 1. The first-order valence-electron chi connectivity index (χ1n) is 4.23. The van der Waals surface area contributed by atoms with Gasteiger partial charge in [0.15, 0.2) is 0 Å². The Morgan fingerprint density at radius 1 is 1.69 bits per heavy atom. The molecule has 0 aromatic heterocycles. The van der Waals surface area contributed by atoms with Crippen LogP contribution in [-0.2, 0) is 0 Å². The van der Waals surface area contributed by atoms with Crippen LogP contribution in [0.15, 0.2) is 17.0 Å². The first kappa shape index (κ1) is 9.97. The van der Waals surface area contributed by atoms with Gasteiger partial charge in [0.2, 0.25) is 5.82 Å². The van der Waals surface area contributed by atoms with Crippen molar-refractivity contribution < 1.29 is 10.3 Å². The topological polar surface area (TPSA) is 75.4 Å². The van der Waals surface area contributed by atoms with Gasteiger partial charge in [0, 0.05) is 13.1 Å². The van der Waals surface area contributed by atoms with Gasteiger partial charge in [0.05, 0.1) is 0 Å². The Kier molecular flexibility index (Phi) is 3.24. The predicted molar refractivity (Wildman–Crippen MR) is 47.7 cm³/mol. The molecule has 0 fully saturated rings. The lowest BCUT2D eigenvalue weighted by Gasteiger charge is -2.18. The highest BCUT2D eigenvalue weighted by Crippen LogP contribution is 1.94. The lowest BCUT2D eigenvalue weighted by Crippen LogP contribution is -3.09. The summed E-state index contributed by atoms with van der Waals surface area (Å²) >= 11 is 0. The van der Waals surface area contributed by atoms with Crippen LogP contribution in [0, 0.1) is 5.21 Å². The van der Waals surface area contributed by atoms with E-state index < -0.39 is 0 Å². The molecule has 0 saturated carbocycles. The molecule has 1 rings (SSSR count). The van der Waals surface area contributed by atoms with Crippen LogP contribution < -0.4 is 10.4 Å². The van der Waals surface area contributed by atoms with Crippen molar-refractivity contribution in [3.63, 3.8) is 0 Å². The Morgan fingerprint density at radius 3 is 2.92 bits per heavy atom. The smallest absolute Gasteiger partial charge is 0.333 e. The van der Waals surface area contributed by atoms with Crippen LogP contribution in [-0.4, -0.2) is 29.3 Å². The summed E-state index contributed by atoms with van der Waals surface area (Å²) in [6, 6.07) is 0. The first-order chi connectivity index (χ1) is 6.20. The fraction of sp³-hybridized carbons (Fsp3) is 0.571. The molecule has 13 heavy (non-hydrogen) atoms. The average molecular weight is 186 g/mol. The second-order valence-electron chi connectivity index (χ2n) is 2.54. The van der Waals surface area contributed by atoms with Gasteiger partial charge in [0.25, 0.3) is 0 Å². The number of hydrogen-bond acceptors (Lipinski definition) is 4. The zero-order chi connectivity index (χ0) is 9.84. The third-order valence-corrected chi connectivity index (χ3v) is 1.59. The minimum atomic E-state index is -0.258. The zero-order valence-corrected chi connectivity index (χ0v) is 7.74. The van der Waals surface area contributed by atoms with Gasteiger partial charge in [-0.3, -0.25) is 10.3 Å². The van der Waals surface area contributed by atoms with Crippen LogP contribution in [0.4, 0.5) is 0 Å². The van der Waals surface area contributed by atoms with Gasteiger partial charge >= 0.3 is 5.96 Å². The molecule has 0 spiro atoms. The summed E-state index contributed by atoms with van der Waals surface area (Å²) in [5.41, 5.74) is 0. The van der Waals surface area contributed by atoms with Gasteiger partial charge in [-0.05, 0) is 13.8 Å². The molecular formula is C7H14N4O2. The Labute approximate surface area is 76.7 Å². The van der Waals surface area contributed by atoms with Gasteiger partial charge in [-0.25, -0.2) is 4.99 Å². The summed E-state index contributed by atoms with van der Waals surface area (Å²) in [6.07, 6.45) is 1.33. The van der Waals surface area contributed by atoms with Crippen molar-refractivity contribution in [1.29, 1.82) is 0 Å². The van der Waals surface area contributed by atoms with Crippen LogP contribution in [0.2, 0.25) is 0 Å². The highest BCUT2D eigenvalue weighted by Gasteiger charge is 2.27. The predicted octanol–water partition coefficient (Wildman–Crippen LogP) is -1.14. The number of hydrogen-bond donors (Lipinski definition) is 3. The molecule has 1 unspecified atom stereocenters. The van der Waals surface area contributed by atoms with Crippen LogP contribution in [0.5, 0.6) is 0 Å². The number of hydroxylamine groups is 4. The first-order valence-corrected chi connectivity index (χ1v) is 4.23. The standard InChI is InChI=1S/C7H14N4O2/c1-3-8-6-5-10(12)7(9-4-2)11(6)13/h5,8,11-12H,3-4H2,1-2H3. The van der Waals surface area contributed by atoms with Gasteiger partial charge in [-0.1, -0.05) is 0 Å². The summed E-state index contributed by atoms with van der Waals surface area (Å²) in [7, 11) is 0. The maximum Gasteiger partial charge on any atom is 0.333 e. The maximum absolute atomic E-state index is 11.4. The van der Waals surface area contributed by atoms with E-state index in [0.29, 0.717) is 18.9 Å². The molecule has 1 atom stereocenters. The Bertz CT molecular complexity index is 239. The van der Waals surface area contributed by atoms with E-state index in [0.717, 1.165) is 5.06 Å². The summed E-state index contributed by atoms with van der Waals surface area (Å²) in [5.74, 6) is 0.468. The van der Waals surface area contributed by atoms with E-state index in [1.807, 2.05) is 6.92 Å². The molecule has 74 valence electrons. The van der Waals surface area contributed by atoms with Crippen molar-refractivity contribution in [2.75, 3.05) is 13.1 Å². The van der Waals surface area contributed by atoms with E-state index in [2.05, 4.69) is 10.3 Å². The SMILES string of the molecule is CCN=C1N(O)C=C(NCC)[NH+]1[O-]. The minimum Gasteiger partial charge on any atom is -0.620 e. The number of nitrogens with one attached hydrogen (secondary N) is 2. The number of rotatable bonds is 3. The van der Waals surface area contributed by atoms with E-state index in [9.17, 15) is 10.4 Å². The molecule has 6 nitrogen and oxygen atoms in total. The van der Waals surface area contributed by atoms with Crippen molar-refractivity contribution in [1.82, 2.24) is 10.4 Å². The van der Waals surface area contributed by atoms with Crippen LogP contribution in [0.1, 0.15) is 13.8 Å². The van der Waals surface area contributed by atoms with Crippen LogP contribution >= 0.6 is 0 Å². The maximum atomic E-state index is 11.4. The van der Waals surface area contributed by atoms with Crippen molar-refractivity contribution in [2.45, 2.75) is 13.8 Å². The fourth-order valence-corrected chi connectivity index (χ4v) is 1.08. The average Bonchev–Trinajstić information content (AvgIpc) is 2.34. The van der Waals surface area contributed by atoms with Crippen molar-refractivity contribution in [3.8, 4) is 0 Å². The largest absolute Gasteiger partial charge is 0.620 e. The molecule has 0 bridgehead atoms. The van der Waals surface area contributed by atoms with Crippen LogP contribution in [0.3, 0.4) is 0 Å². The quantitative estimate of drug-likeness (QED) is 0.487. The van der Waals surface area contributed by atoms with E-state index in [4.69, 9.17) is 0 Å². The van der Waals surface area contributed by atoms with E-state index in [1.54, 1.807) is 6.92 Å². The van der Waals surface area contributed by atoms with E-state index in [-0.39, 0.29) is 11.0 Å². The normalized spacial score (nSPS) is 25.2. The Balaban J connectivity index is 2.73.